The third-order valence-corrected chi connectivity index (χ3v) is 4.80. The molecule has 0 saturated carbocycles. The molecule has 0 unspecified atom stereocenters. The predicted molar refractivity (Wildman–Crippen MR) is 117 cm³/mol. The number of hydrogen-bond donors (Lipinski definition) is 6. The van der Waals surface area contributed by atoms with Crippen molar-refractivity contribution in [1.29, 1.82) is 0 Å². The highest BCUT2D eigenvalue weighted by atomic mass is 16.4. The topological polar surface area (TPSA) is 169 Å². The molecular weight excluding hydrogens is 420 g/mol. The summed E-state index contributed by atoms with van der Waals surface area (Å²) in [6.45, 7) is 4.04. The molecule has 0 aliphatic heterocycles. The number of carbonyl (C=O) groups is 1. The molecule has 0 amide bonds. The van der Waals surface area contributed by atoms with Crippen LogP contribution in [0.2, 0.25) is 0 Å². The molecular formula is C23H26O9. The number of rotatable bonds is 6. The van der Waals surface area contributed by atoms with Crippen molar-refractivity contribution in [3.63, 3.8) is 0 Å². The zero-order valence-corrected chi connectivity index (χ0v) is 17.7. The van der Waals surface area contributed by atoms with E-state index in [1.807, 2.05) is 13.8 Å². The number of phenols is 4. The van der Waals surface area contributed by atoms with Crippen molar-refractivity contribution in [1.82, 2.24) is 0 Å². The molecule has 1 aromatic heterocycles. The average Bonchev–Trinajstić information content (AvgIpc) is 2.72. The molecule has 3 aromatic rings. The van der Waals surface area contributed by atoms with Crippen molar-refractivity contribution in [2.24, 2.45) is 5.92 Å². The summed E-state index contributed by atoms with van der Waals surface area (Å²) in [7, 11) is 0. The fraction of sp³-hybridized carbons (Fsp3) is 0.304. The normalized spacial score (nSPS) is 10.7. The van der Waals surface area contributed by atoms with Crippen molar-refractivity contribution in [3.8, 4) is 40.1 Å². The second kappa shape index (κ2) is 10.4. The maximum Gasteiger partial charge on any atom is 0.306 e. The van der Waals surface area contributed by atoms with Gasteiger partial charge in [0.05, 0.1) is 5.92 Å². The van der Waals surface area contributed by atoms with Gasteiger partial charge < -0.3 is 35.1 Å². The summed E-state index contributed by atoms with van der Waals surface area (Å²) in [6.07, 6.45) is 3.58. The van der Waals surface area contributed by atoms with Crippen molar-refractivity contribution in [2.75, 3.05) is 0 Å². The van der Waals surface area contributed by atoms with Crippen LogP contribution in [-0.2, 0) is 4.79 Å². The molecule has 2 aromatic carbocycles. The number of phenolic OH excluding ortho intramolecular Hbond substituents is 4. The highest BCUT2D eigenvalue weighted by Crippen LogP contribution is 2.37. The molecule has 3 rings (SSSR count). The third kappa shape index (κ3) is 5.42. The zero-order chi connectivity index (χ0) is 24.0. The van der Waals surface area contributed by atoms with Crippen molar-refractivity contribution < 1.29 is 39.9 Å². The van der Waals surface area contributed by atoms with Gasteiger partial charge in [0.25, 0.3) is 0 Å². The van der Waals surface area contributed by atoms with E-state index in [-0.39, 0.29) is 39.7 Å². The summed E-state index contributed by atoms with van der Waals surface area (Å²) in [6, 6.07) is 5.64. The van der Waals surface area contributed by atoms with E-state index in [1.165, 1.54) is 6.07 Å². The smallest absolute Gasteiger partial charge is 0.306 e. The molecule has 0 aliphatic carbocycles. The van der Waals surface area contributed by atoms with Gasteiger partial charge in [-0.15, -0.1) is 0 Å². The predicted octanol–water partition coefficient (Wildman–Crippen LogP) is 4.28. The van der Waals surface area contributed by atoms with Gasteiger partial charge in [-0.1, -0.05) is 26.7 Å². The van der Waals surface area contributed by atoms with Gasteiger partial charge in [-0.2, -0.15) is 0 Å². The quantitative estimate of drug-likeness (QED) is 0.303. The van der Waals surface area contributed by atoms with E-state index in [9.17, 15) is 35.1 Å². The van der Waals surface area contributed by atoms with Gasteiger partial charge in [0, 0.05) is 17.7 Å². The molecule has 0 radical (unpaired) electrons. The van der Waals surface area contributed by atoms with E-state index < -0.39 is 28.6 Å². The number of aliphatic carboxylic acids is 1. The molecule has 0 fully saturated rings. The van der Waals surface area contributed by atoms with Crippen LogP contribution in [0, 0.1) is 5.92 Å². The van der Waals surface area contributed by atoms with Crippen LogP contribution >= 0.6 is 0 Å². The van der Waals surface area contributed by atoms with Gasteiger partial charge in [-0.25, -0.2) is 0 Å². The summed E-state index contributed by atoms with van der Waals surface area (Å²) in [5.74, 6) is -3.45. The summed E-state index contributed by atoms with van der Waals surface area (Å²) in [5, 5.41) is 56.3. The molecule has 32 heavy (non-hydrogen) atoms. The zero-order valence-electron chi connectivity index (χ0n) is 17.7. The van der Waals surface area contributed by atoms with Crippen molar-refractivity contribution in [2.45, 2.75) is 39.5 Å². The lowest BCUT2D eigenvalue weighted by Crippen LogP contribution is -2.12. The van der Waals surface area contributed by atoms with Gasteiger partial charge in [0.15, 0.2) is 17.3 Å². The molecule has 6 N–H and O–H groups in total. The Labute approximate surface area is 183 Å². The first kappa shape index (κ1) is 24.4. The monoisotopic (exact) mass is 446 g/mol. The fourth-order valence-corrected chi connectivity index (χ4v) is 3.22. The largest absolute Gasteiger partial charge is 0.508 e. The Balaban J connectivity index is 0.000000309. The Kier molecular flexibility index (Phi) is 7.95. The van der Waals surface area contributed by atoms with E-state index >= 15 is 0 Å². The standard InChI is InChI=1S/C15H10O7.C8H16O2/c16-7-4-10(19)12-11(5-7)22-15(14(21)13(12)20)6-1-2-8(17)9(18)3-6;1-3-5-7(6-4-2)8(9)10/h1-5,16-19,21H;7H,3-6H2,1-2H3,(H,9,10). The van der Waals surface area contributed by atoms with Crippen molar-refractivity contribution >= 4 is 16.9 Å². The first-order chi connectivity index (χ1) is 15.1. The van der Waals surface area contributed by atoms with Gasteiger partial charge in [-0.05, 0) is 31.0 Å². The highest BCUT2D eigenvalue weighted by molar-refractivity contribution is 5.88. The van der Waals surface area contributed by atoms with Crippen LogP contribution in [0.4, 0.5) is 0 Å². The number of hydrogen-bond acceptors (Lipinski definition) is 8. The van der Waals surface area contributed by atoms with Crippen LogP contribution < -0.4 is 5.43 Å². The van der Waals surface area contributed by atoms with Crippen LogP contribution in [-0.4, -0.2) is 36.6 Å². The summed E-state index contributed by atoms with van der Waals surface area (Å²) in [5.41, 5.74) is -0.890. The number of fused-ring (bicyclic) bond motifs is 1. The van der Waals surface area contributed by atoms with E-state index in [1.54, 1.807) is 0 Å². The van der Waals surface area contributed by atoms with Gasteiger partial charge in [0.2, 0.25) is 11.2 Å². The van der Waals surface area contributed by atoms with Gasteiger partial charge in [-0.3, -0.25) is 9.59 Å². The number of benzene rings is 2. The third-order valence-electron chi connectivity index (χ3n) is 4.80. The number of aromatic hydroxyl groups is 5. The van der Waals surface area contributed by atoms with Gasteiger partial charge >= 0.3 is 5.97 Å². The minimum Gasteiger partial charge on any atom is -0.508 e. The first-order valence-electron chi connectivity index (χ1n) is 10.1. The first-order valence-corrected chi connectivity index (χ1v) is 10.1. The maximum absolute atomic E-state index is 12.1. The molecule has 9 nitrogen and oxygen atoms in total. The number of carboxylic acids is 1. The molecule has 9 heteroatoms. The van der Waals surface area contributed by atoms with Crippen LogP contribution in [0.15, 0.2) is 39.5 Å². The summed E-state index contributed by atoms with van der Waals surface area (Å²) >= 11 is 0. The minimum atomic E-state index is -0.888. The summed E-state index contributed by atoms with van der Waals surface area (Å²) < 4.78 is 5.35. The molecule has 0 aliphatic rings. The molecule has 0 bridgehead atoms. The molecule has 0 spiro atoms. The van der Waals surface area contributed by atoms with Crippen LogP contribution in [0.5, 0.6) is 28.7 Å². The summed E-state index contributed by atoms with van der Waals surface area (Å²) in [4.78, 5) is 22.6. The van der Waals surface area contributed by atoms with E-state index in [0.29, 0.717) is 0 Å². The van der Waals surface area contributed by atoms with Crippen LogP contribution in [0.3, 0.4) is 0 Å². The Morgan fingerprint density at radius 2 is 1.53 bits per heavy atom. The SMILES string of the molecule is CCCC(CCC)C(=O)O.O=c1c(O)c(-c2ccc(O)c(O)c2)oc2cc(O)cc(O)c12. The lowest BCUT2D eigenvalue weighted by Gasteiger charge is -2.08. The molecule has 0 atom stereocenters. The highest BCUT2D eigenvalue weighted by Gasteiger charge is 2.19. The van der Waals surface area contributed by atoms with Crippen LogP contribution in [0.1, 0.15) is 39.5 Å². The Morgan fingerprint density at radius 3 is 2.06 bits per heavy atom. The van der Waals surface area contributed by atoms with E-state index in [0.717, 1.165) is 49.9 Å². The van der Waals surface area contributed by atoms with Crippen LogP contribution in [0.25, 0.3) is 22.3 Å². The second-order valence-electron chi connectivity index (χ2n) is 7.26. The van der Waals surface area contributed by atoms with E-state index in [4.69, 9.17) is 9.52 Å². The lowest BCUT2D eigenvalue weighted by molar-refractivity contribution is -0.142. The molecule has 172 valence electrons. The van der Waals surface area contributed by atoms with Crippen molar-refractivity contribution in [3.05, 3.63) is 40.6 Å². The molecule has 0 saturated heterocycles. The Bertz CT molecular complexity index is 1160. The Hall–Kier alpha value is -3.88. The average molecular weight is 446 g/mol. The lowest BCUT2D eigenvalue weighted by atomic mass is 9.99. The van der Waals surface area contributed by atoms with Gasteiger partial charge in [0.1, 0.15) is 22.5 Å². The number of carboxylic acid groups (broad SMARTS) is 1. The second-order valence-corrected chi connectivity index (χ2v) is 7.26. The Morgan fingerprint density at radius 1 is 0.906 bits per heavy atom. The fourth-order valence-electron chi connectivity index (χ4n) is 3.22. The van der Waals surface area contributed by atoms with E-state index in [2.05, 4.69) is 0 Å². The maximum atomic E-state index is 12.1. The minimum absolute atomic E-state index is 0.102. The molecule has 1 heterocycles.